The number of nitrogens with one attached hydrogen (secondary N) is 2. The van der Waals surface area contributed by atoms with Crippen molar-refractivity contribution in [1.82, 2.24) is 4.90 Å². The standard InChI is InChI=1S/C27H28ClN3O4S/c1-17-15-19(22-7-4-5-9-24(22)36(3,34)35)16-18(2)25(17)30-26(32)23-8-6-14-31(23)27(33)29-21-12-10-20(28)11-13-21/h4-5,7,9-13,15-16,23H,6,8,14H2,1-3H3,(H,29,33)(H,30,32). The van der Waals surface area contributed by atoms with Crippen molar-refractivity contribution in [2.24, 2.45) is 0 Å². The number of hydrogen-bond acceptors (Lipinski definition) is 4. The fraction of sp³-hybridized carbons (Fsp3) is 0.259. The fourth-order valence-electron chi connectivity index (χ4n) is 4.56. The molecule has 0 radical (unpaired) electrons. The number of carbonyl (C=O) groups is 2. The molecule has 1 aliphatic heterocycles. The predicted octanol–water partition coefficient (Wildman–Crippen LogP) is 5.66. The van der Waals surface area contributed by atoms with Crippen LogP contribution in [0.3, 0.4) is 0 Å². The van der Waals surface area contributed by atoms with Gasteiger partial charge in [-0.2, -0.15) is 0 Å². The van der Waals surface area contributed by atoms with E-state index in [1.54, 1.807) is 53.4 Å². The van der Waals surface area contributed by atoms with Gasteiger partial charge in [-0.3, -0.25) is 4.79 Å². The Kier molecular flexibility index (Phi) is 7.38. The van der Waals surface area contributed by atoms with Gasteiger partial charge in [0.05, 0.1) is 4.90 Å². The molecule has 0 aromatic heterocycles. The minimum absolute atomic E-state index is 0.255. The number of urea groups is 1. The maximum Gasteiger partial charge on any atom is 0.322 e. The molecule has 3 aromatic rings. The van der Waals surface area contributed by atoms with Crippen LogP contribution >= 0.6 is 11.6 Å². The molecular formula is C27H28ClN3O4S. The highest BCUT2D eigenvalue weighted by Crippen LogP contribution is 2.33. The molecule has 1 fully saturated rings. The number of amides is 3. The molecule has 1 saturated heterocycles. The first kappa shape index (κ1) is 25.7. The second-order valence-corrected chi connectivity index (χ2v) is 11.5. The smallest absolute Gasteiger partial charge is 0.322 e. The number of aryl methyl sites for hydroxylation is 2. The molecule has 0 bridgehead atoms. The topological polar surface area (TPSA) is 95.6 Å². The average Bonchev–Trinajstić information content (AvgIpc) is 3.32. The van der Waals surface area contributed by atoms with Gasteiger partial charge in [-0.25, -0.2) is 13.2 Å². The SMILES string of the molecule is Cc1cc(-c2ccccc2S(C)(=O)=O)cc(C)c1NC(=O)C1CCCN1C(=O)Nc1ccc(Cl)cc1. The maximum absolute atomic E-state index is 13.2. The lowest BCUT2D eigenvalue weighted by atomic mass is 9.98. The van der Waals surface area contributed by atoms with Gasteiger partial charge in [0.25, 0.3) is 0 Å². The minimum Gasteiger partial charge on any atom is -0.324 e. The third kappa shape index (κ3) is 5.55. The van der Waals surface area contributed by atoms with Gasteiger partial charge in [0.2, 0.25) is 5.91 Å². The Morgan fingerprint density at radius 1 is 0.972 bits per heavy atom. The molecule has 188 valence electrons. The molecule has 2 N–H and O–H groups in total. The van der Waals surface area contributed by atoms with Crippen LogP contribution in [-0.4, -0.2) is 44.1 Å². The van der Waals surface area contributed by atoms with Crippen molar-refractivity contribution in [2.45, 2.75) is 37.6 Å². The van der Waals surface area contributed by atoms with E-state index in [0.29, 0.717) is 34.9 Å². The summed E-state index contributed by atoms with van der Waals surface area (Å²) in [6, 6.07) is 16.5. The molecule has 1 aliphatic rings. The number of likely N-dealkylation sites (tertiary alicyclic amines) is 1. The van der Waals surface area contributed by atoms with Crippen LogP contribution < -0.4 is 10.6 Å². The third-order valence-corrected chi connectivity index (χ3v) is 7.70. The van der Waals surface area contributed by atoms with Crippen molar-refractivity contribution in [3.63, 3.8) is 0 Å². The Labute approximate surface area is 216 Å². The molecule has 0 spiro atoms. The van der Waals surface area contributed by atoms with Gasteiger partial charge in [0.15, 0.2) is 9.84 Å². The van der Waals surface area contributed by atoms with Crippen LogP contribution in [0.1, 0.15) is 24.0 Å². The first-order valence-corrected chi connectivity index (χ1v) is 13.9. The number of sulfone groups is 1. The summed E-state index contributed by atoms with van der Waals surface area (Å²) < 4.78 is 24.5. The highest BCUT2D eigenvalue weighted by molar-refractivity contribution is 7.90. The Morgan fingerprint density at radius 3 is 2.25 bits per heavy atom. The molecule has 36 heavy (non-hydrogen) atoms. The fourth-order valence-corrected chi connectivity index (χ4v) is 5.60. The highest BCUT2D eigenvalue weighted by Gasteiger charge is 2.34. The van der Waals surface area contributed by atoms with Crippen molar-refractivity contribution in [3.8, 4) is 11.1 Å². The number of nitrogens with zero attached hydrogens (tertiary/aromatic N) is 1. The monoisotopic (exact) mass is 525 g/mol. The molecule has 3 amide bonds. The van der Waals surface area contributed by atoms with E-state index in [0.717, 1.165) is 23.1 Å². The lowest BCUT2D eigenvalue weighted by Gasteiger charge is -2.25. The quantitative estimate of drug-likeness (QED) is 0.449. The van der Waals surface area contributed by atoms with Gasteiger partial charge in [-0.05, 0) is 85.8 Å². The second-order valence-electron chi connectivity index (χ2n) is 9.03. The number of carbonyl (C=O) groups excluding carboxylic acids is 2. The molecule has 0 saturated carbocycles. The molecule has 1 atom stereocenters. The van der Waals surface area contributed by atoms with E-state index in [4.69, 9.17) is 11.6 Å². The Balaban J connectivity index is 1.54. The molecule has 3 aromatic carbocycles. The van der Waals surface area contributed by atoms with Gasteiger partial charge in [0.1, 0.15) is 6.04 Å². The maximum atomic E-state index is 13.2. The predicted molar refractivity (Wildman–Crippen MR) is 143 cm³/mol. The zero-order valence-electron chi connectivity index (χ0n) is 20.3. The minimum atomic E-state index is -3.41. The zero-order valence-corrected chi connectivity index (χ0v) is 21.9. The van der Waals surface area contributed by atoms with Crippen LogP contribution in [0.4, 0.5) is 16.2 Å². The summed E-state index contributed by atoms with van der Waals surface area (Å²) in [5.41, 5.74) is 4.24. The number of anilines is 2. The summed E-state index contributed by atoms with van der Waals surface area (Å²) in [4.78, 5) is 27.9. The highest BCUT2D eigenvalue weighted by atomic mass is 35.5. The normalized spacial score (nSPS) is 15.6. The van der Waals surface area contributed by atoms with Crippen LogP contribution in [-0.2, 0) is 14.6 Å². The number of benzene rings is 3. The summed E-state index contributed by atoms with van der Waals surface area (Å²) in [6.45, 7) is 4.22. The summed E-state index contributed by atoms with van der Waals surface area (Å²) in [5, 5.41) is 6.40. The lowest BCUT2D eigenvalue weighted by Crippen LogP contribution is -2.45. The van der Waals surface area contributed by atoms with Gasteiger partial charge in [-0.15, -0.1) is 0 Å². The number of rotatable bonds is 5. The van der Waals surface area contributed by atoms with Crippen LogP contribution in [0.25, 0.3) is 11.1 Å². The molecule has 4 rings (SSSR count). The summed E-state index contributed by atoms with van der Waals surface area (Å²) >= 11 is 5.91. The molecule has 1 heterocycles. The van der Waals surface area contributed by atoms with E-state index < -0.39 is 15.9 Å². The average molecular weight is 526 g/mol. The second kappa shape index (κ2) is 10.3. The van der Waals surface area contributed by atoms with Crippen molar-refractivity contribution >= 4 is 44.8 Å². The largest absolute Gasteiger partial charge is 0.324 e. The van der Waals surface area contributed by atoms with Crippen molar-refractivity contribution in [1.29, 1.82) is 0 Å². The molecule has 1 unspecified atom stereocenters. The van der Waals surface area contributed by atoms with E-state index in [9.17, 15) is 18.0 Å². The van der Waals surface area contributed by atoms with E-state index in [1.807, 2.05) is 26.0 Å². The van der Waals surface area contributed by atoms with Gasteiger partial charge < -0.3 is 15.5 Å². The lowest BCUT2D eigenvalue weighted by molar-refractivity contribution is -0.119. The molecular weight excluding hydrogens is 498 g/mol. The summed E-state index contributed by atoms with van der Waals surface area (Å²) in [5.74, 6) is -0.255. The zero-order chi connectivity index (χ0) is 26.0. The van der Waals surface area contributed by atoms with Crippen LogP contribution in [0, 0.1) is 13.8 Å². The first-order valence-electron chi connectivity index (χ1n) is 11.6. The van der Waals surface area contributed by atoms with Gasteiger partial charge >= 0.3 is 6.03 Å². The number of halogens is 1. The number of hydrogen-bond donors (Lipinski definition) is 2. The molecule has 0 aliphatic carbocycles. The van der Waals surface area contributed by atoms with Gasteiger partial charge in [-0.1, -0.05) is 29.8 Å². The van der Waals surface area contributed by atoms with E-state index in [-0.39, 0.29) is 16.8 Å². The van der Waals surface area contributed by atoms with Gasteiger partial charge in [0, 0.05) is 34.8 Å². The Morgan fingerprint density at radius 2 is 1.61 bits per heavy atom. The van der Waals surface area contributed by atoms with E-state index in [2.05, 4.69) is 10.6 Å². The van der Waals surface area contributed by atoms with E-state index in [1.165, 1.54) is 6.26 Å². The van der Waals surface area contributed by atoms with Crippen molar-refractivity contribution in [3.05, 3.63) is 76.8 Å². The van der Waals surface area contributed by atoms with E-state index >= 15 is 0 Å². The summed E-state index contributed by atoms with van der Waals surface area (Å²) in [7, 11) is -3.41. The molecule has 9 heteroatoms. The van der Waals surface area contributed by atoms with Crippen LogP contribution in [0.15, 0.2) is 65.6 Å². The Bertz CT molecular complexity index is 1400. The third-order valence-electron chi connectivity index (χ3n) is 6.29. The Hall–Kier alpha value is -3.36. The molecule has 7 nitrogen and oxygen atoms in total. The van der Waals surface area contributed by atoms with Crippen LogP contribution in [0.2, 0.25) is 5.02 Å². The van der Waals surface area contributed by atoms with Crippen molar-refractivity contribution < 1.29 is 18.0 Å². The summed E-state index contributed by atoms with van der Waals surface area (Å²) in [6.07, 6.45) is 2.49. The van der Waals surface area contributed by atoms with Crippen LogP contribution in [0.5, 0.6) is 0 Å². The first-order chi connectivity index (χ1) is 17.0. The van der Waals surface area contributed by atoms with Crippen molar-refractivity contribution in [2.75, 3.05) is 23.4 Å².